The van der Waals surface area contributed by atoms with Gasteiger partial charge in [-0.15, -0.1) is 0 Å². The topological polar surface area (TPSA) is 25.2 Å². The number of nitrogens with one attached hydrogen (secondary N) is 1. The summed E-state index contributed by atoms with van der Waals surface area (Å²) in [6, 6.07) is 4.57. The normalized spacial score (nSPS) is 31.9. The largest absolute Gasteiger partial charge is 0.468 e. The van der Waals surface area contributed by atoms with Crippen molar-refractivity contribution in [3.8, 4) is 0 Å². The van der Waals surface area contributed by atoms with Crippen molar-refractivity contribution in [1.82, 2.24) is 5.32 Å². The third-order valence-corrected chi connectivity index (χ3v) is 4.95. The van der Waals surface area contributed by atoms with Gasteiger partial charge in [0.25, 0.3) is 0 Å². The van der Waals surface area contributed by atoms with E-state index in [2.05, 4.69) is 18.3 Å². The quantitative estimate of drug-likeness (QED) is 0.817. The summed E-state index contributed by atoms with van der Waals surface area (Å²) in [4.78, 5) is 0. The van der Waals surface area contributed by atoms with Crippen molar-refractivity contribution in [3.63, 3.8) is 0 Å². The molecule has 100 valence electrons. The summed E-state index contributed by atoms with van der Waals surface area (Å²) < 4.78 is 5.62. The molecule has 2 aliphatic rings. The van der Waals surface area contributed by atoms with Crippen LogP contribution in [0.4, 0.5) is 0 Å². The van der Waals surface area contributed by atoms with Crippen LogP contribution in [-0.2, 0) is 0 Å². The van der Waals surface area contributed by atoms with Gasteiger partial charge in [0.1, 0.15) is 5.76 Å². The standard InChI is InChI=1S/C16H25NO/c1-2-7-17-15(16-4-3-8-18-16)11-14-10-12-5-6-13(14)9-12/h3-4,8,12-15,17H,2,5-7,9-11H2,1H3. The molecule has 4 atom stereocenters. The van der Waals surface area contributed by atoms with Crippen LogP contribution in [0, 0.1) is 17.8 Å². The SMILES string of the molecule is CCCNC(CC1CC2CCC1C2)c1ccco1. The predicted molar refractivity (Wildman–Crippen MR) is 73.3 cm³/mol. The van der Waals surface area contributed by atoms with E-state index in [-0.39, 0.29) is 0 Å². The van der Waals surface area contributed by atoms with Crippen molar-refractivity contribution >= 4 is 0 Å². The molecule has 18 heavy (non-hydrogen) atoms. The maximum absolute atomic E-state index is 5.62. The summed E-state index contributed by atoms with van der Waals surface area (Å²) in [6.45, 7) is 3.32. The molecule has 1 aromatic heterocycles. The lowest BCUT2D eigenvalue weighted by molar-refractivity contribution is 0.263. The minimum atomic E-state index is 0.435. The molecule has 1 aromatic rings. The fourth-order valence-corrected chi connectivity index (χ4v) is 4.08. The van der Waals surface area contributed by atoms with Gasteiger partial charge in [0.2, 0.25) is 0 Å². The van der Waals surface area contributed by atoms with Gasteiger partial charge in [0, 0.05) is 0 Å². The Labute approximate surface area is 110 Å². The van der Waals surface area contributed by atoms with Crippen molar-refractivity contribution in [3.05, 3.63) is 24.2 Å². The Morgan fingerprint density at radius 1 is 1.39 bits per heavy atom. The first kappa shape index (κ1) is 12.3. The zero-order valence-corrected chi connectivity index (χ0v) is 11.4. The van der Waals surface area contributed by atoms with E-state index < -0.39 is 0 Å². The summed E-state index contributed by atoms with van der Waals surface area (Å²) in [5, 5.41) is 3.66. The maximum Gasteiger partial charge on any atom is 0.120 e. The molecule has 0 aromatic carbocycles. The van der Waals surface area contributed by atoms with E-state index in [1.54, 1.807) is 6.26 Å². The fraction of sp³-hybridized carbons (Fsp3) is 0.750. The summed E-state index contributed by atoms with van der Waals surface area (Å²) in [5.74, 6) is 4.12. The molecule has 3 rings (SSSR count). The third kappa shape index (κ3) is 2.49. The lowest BCUT2D eigenvalue weighted by Crippen LogP contribution is -2.26. The highest BCUT2D eigenvalue weighted by Crippen LogP contribution is 2.50. The number of hydrogen-bond donors (Lipinski definition) is 1. The Balaban J connectivity index is 1.62. The summed E-state index contributed by atoms with van der Waals surface area (Å²) in [5.41, 5.74) is 0. The van der Waals surface area contributed by atoms with Crippen molar-refractivity contribution in [2.45, 2.75) is 51.5 Å². The average molecular weight is 247 g/mol. The molecular formula is C16H25NO. The Morgan fingerprint density at radius 2 is 2.33 bits per heavy atom. The minimum absolute atomic E-state index is 0.435. The van der Waals surface area contributed by atoms with E-state index >= 15 is 0 Å². The van der Waals surface area contributed by atoms with Crippen molar-refractivity contribution in [2.24, 2.45) is 17.8 Å². The van der Waals surface area contributed by atoms with Gasteiger partial charge in [-0.1, -0.05) is 13.3 Å². The van der Waals surface area contributed by atoms with Crippen molar-refractivity contribution in [1.29, 1.82) is 0 Å². The third-order valence-electron chi connectivity index (χ3n) is 4.95. The second kappa shape index (κ2) is 5.48. The van der Waals surface area contributed by atoms with Crippen LogP contribution in [0.5, 0.6) is 0 Å². The smallest absolute Gasteiger partial charge is 0.120 e. The summed E-state index contributed by atoms with van der Waals surface area (Å²) >= 11 is 0. The van der Waals surface area contributed by atoms with Gasteiger partial charge in [0.15, 0.2) is 0 Å². The van der Waals surface area contributed by atoms with E-state index in [0.717, 1.165) is 30.1 Å². The zero-order valence-electron chi connectivity index (χ0n) is 11.4. The maximum atomic E-state index is 5.62. The van der Waals surface area contributed by atoms with Crippen LogP contribution in [0.3, 0.4) is 0 Å². The lowest BCUT2D eigenvalue weighted by atomic mass is 9.83. The van der Waals surface area contributed by atoms with Gasteiger partial charge in [-0.25, -0.2) is 0 Å². The lowest BCUT2D eigenvalue weighted by Gasteiger charge is -2.26. The summed E-state index contributed by atoms with van der Waals surface area (Å²) in [7, 11) is 0. The molecule has 2 fully saturated rings. The fourth-order valence-electron chi connectivity index (χ4n) is 4.08. The van der Waals surface area contributed by atoms with Gasteiger partial charge in [-0.2, -0.15) is 0 Å². The molecule has 2 nitrogen and oxygen atoms in total. The first-order valence-electron chi connectivity index (χ1n) is 7.63. The highest BCUT2D eigenvalue weighted by Gasteiger charge is 2.40. The van der Waals surface area contributed by atoms with E-state index in [4.69, 9.17) is 4.42 Å². The summed E-state index contributed by atoms with van der Waals surface area (Å²) in [6.07, 6.45) is 10.2. The van der Waals surface area contributed by atoms with Crippen molar-refractivity contribution in [2.75, 3.05) is 6.54 Å². The predicted octanol–water partition coefficient (Wildman–Crippen LogP) is 4.15. The minimum Gasteiger partial charge on any atom is -0.468 e. The highest BCUT2D eigenvalue weighted by atomic mass is 16.3. The van der Waals surface area contributed by atoms with Crippen LogP contribution in [0.25, 0.3) is 0 Å². The monoisotopic (exact) mass is 247 g/mol. The number of rotatable bonds is 6. The molecule has 2 heteroatoms. The zero-order chi connectivity index (χ0) is 12.4. The van der Waals surface area contributed by atoms with Gasteiger partial charge in [-0.05, 0) is 68.5 Å². The van der Waals surface area contributed by atoms with Gasteiger partial charge < -0.3 is 9.73 Å². The number of furan rings is 1. The molecule has 0 aliphatic heterocycles. The Hall–Kier alpha value is -0.760. The molecule has 0 radical (unpaired) electrons. The van der Waals surface area contributed by atoms with Crippen molar-refractivity contribution < 1.29 is 4.42 Å². The second-order valence-electron chi connectivity index (χ2n) is 6.19. The first-order valence-corrected chi connectivity index (χ1v) is 7.63. The Morgan fingerprint density at radius 3 is 2.94 bits per heavy atom. The molecule has 0 spiro atoms. The Kier molecular flexibility index (Phi) is 3.74. The molecule has 0 amide bonds. The molecule has 1 heterocycles. The van der Waals surface area contributed by atoms with Crippen LogP contribution in [0.1, 0.15) is 57.3 Å². The Bertz CT molecular complexity index is 359. The van der Waals surface area contributed by atoms with Gasteiger partial charge in [-0.3, -0.25) is 0 Å². The van der Waals surface area contributed by atoms with Crippen LogP contribution in [0.15, 0.2) is 22.8 Å². The highest BCUT2D eigenvalue weighted by molar-refractivity contribution is 5.06. The molecule has 2 saturated carbocycles. The number of fused-ring (bicyclic) bond motifs is 2. The molecule has 2 aliphatic carbocycles. The molecule has 0 saturated heterocycles. The van der Waals surface area contributed by atoms with Gasteiger partial charge in [0.05, 0.1) is 12.3 Å². The van der Waals surface area contributed by atoms with E-state index in [9.17, 15) is 0 Å². The number of hydrogen-bond acceptors (Lipinski definition) is 2. The van der Waals surface area contributed by atoms with E-state index in [0.29, 0.717) is 6.04 Å². The van der Waals surface area contributed by atoms with Crippen LogP contribution in [0.2, 0.25) is 0 Å². The molecular weight excluding hydrogens is 222 g/mol. The van der Waals surface area contributed by atoms with E-state index in [1.165, 1.54) is 38.5 Å². The van der Waals surface area contributed by atoms with E-state index in [1.807, 2.05) is 6.07 Å². The molecule has 4 unspecified atom stereocenters. The molecule has 1 N–H and O–H groups in total. The van der Waals surface area contributed by atoms with Gasteiger partial charge >= 0.3 is 0 Å². The van der Waals surface area contributed by atoms with Crippen LogP contribution < -0.4 is 5.32 Å². The molecule has 2 bridgehead atoms. The van der Waals surface area contributed by atoms with Crippen LogP contribution in [-0.4, -0.2) is 6.54 Å². The first-order chi connectivity index (χ1) is 8.86. The van der Waals surface area contributed by atoms with Crippen LogP contribution >= 0.6 is 0 Å². The second-order valence-corrected chi connectivity index (χ2v) is 6.19. The average Bonchev–Trinajstić information content (AvgIpc) is 3.09.